The van der Waals surface area contributed by atoms with Gasteiger partial charge < -0.3 is 9.13 Å². The second-order valence-corrected chi connectivity index (χ2v) is 6.15. The summed E-state index contributed by atoms with van der Waals surface area (Å²) in [6.07, 6.45) is 7.13. The smallest absolute Gasteiger partial charge is 0.160 e. The lowest BCUT2D eigenvalue weighted by Crippen LogP contribution is -2.15. The van der Waals surface area contributed by atoms with Gasteiger partial charge in [-0.2, -0.15) is 0 Å². The van der Waals surface area contributed by atoms with Crippen LogP contribution in [0.4, 0.5) is 0 Å². The van der Waals surface area contributed by atoms with Crippen LogP contribution in [-0.4, -0.2) is 24.1 Å². The zero-order chi connectivity index (χ0) is 15.0. The van der Waals surface area contributed by atoms with Crippen molar-refractivity contribution in [3.8, 4) is 0 Å². The first-order valence-corrected chi connectivity index (χ1v) is 7.51. The molecule has 3 heterocycles. The minimum atomic E-state index is -0.205. The number of fused-ring (bicyclic) bond motifs is 1. The van der Waals surface area contributed by atoms with Gasteiger partial charge in [0.05, 0.1) is 22.8 Å². The number of nitrogens with zero attached hydrogens (tertiary/aromatic N) is 5. The van der Waals surface area contributed by atoms with E-state index in [9.17, 15) is 0 Å². The van der Waals surface area contributed by atoms with Gasteiger partial charge in [-0.15, -0.1) is 11.6 Å². The third-order valence-corrected chi connectivity index (χ3v) is 3.76. The van der Waals surface area contributed by atoms with Crippen LogP contribution in [0.25, 0.3) is 11.2 Å². The van der Waals surface area contributed by atoms with Crippen molar-refractivity contribution in [1.82, 2.24) is 24.1 Å². The summed E-state index contributed by atoms with van der Waals surface area (Å²) >= 11 is 12.3. The van der Waals surface area contributed by atoms with E-state index in [1.807, 2.05) is 23.8 Å². The highest BCUT2D eigenvalue weighted by Gasteiger charge is 2.20. The first-order valence-electron chi connectivity index (χ1n) is 6.69. The maximum absolute atomic E-state index is 6.28. The van der Waals surface area contributed by atoms with Gasteiger partial charge in [0, 0.05) is 25.1 Å². The molecule has 3 rings (SSSR count). The van der Waals surface area contributed by atoms with Gasteiger partial charge in [-0.25, -0.2) is 15.0 Å². The second kappa shape index (κ2) is 5.66. The molecule has 0 radical (unpaired) electrons. The Morgan fingerprint density at radius 3 is 2.81 bits per heavy atom. The van der Waals surface area contributed by atoms with Crippen molar-refractivity contribution in [3.05, 3.63) is 41.8 Å². The number of rotatable bonds is 4. The molecule has 0 saturated heterocycles. The second-order valence-electron chi connectivity index (χ2n) is 5.06. The van der Waals surface area contributed by atoms with E-state index < -0.39 is 0 Å². The molecule has 3 aromatic rings. The average Bonchev–Trinajstić information content (AvgIpc) is 3.04. The Kier molecular flexibility index (Phi) is 3.87. The van der Waals surface area contributed by atoms with Crippen LogP contribution in [0.2, 0.25) is 5.02 Å². The maximum Gasteiger partial charge on any atom is 0.160 e. The summed E-state index contributed by atoms with van der Waals surface area (Å²) in [5.74, 6) is 0.800. The normalized spacial score (nSPS) is 14.5. The van der Waals surface area contributed by atoms with Gasteiger partial charge in [0.15, 0.2) is 5.65 Å². The van der Waals surface area contributed by atoms with Gasteiger partial charge in [-0.1, -0.05) is 11.6 Å². The lowest BCUT2D eigenvalue weighted by Gasteiger charge is -2.18. The standard InChI is InChI=1S/C14H15Cl2N5/c1-9(7-20-4-3-17-8-20)21-13(10(2)15)19-12-5-11(16)6-18-14(12)21/h3-6,8-10H,7H2,1-2H3. The molecule has 21 heavy (non-hydrogen) atoms. The summed E-state index contributed by atoms with van der Waals surface area (Å²) in [6.45, 7) is 4.79. The predicted molar refractivity (Wildman–Crippen MR) is 83.7 cm³/mol. The molecule has 2 unspecified atom stereocenters. The maximum atomic E-state index is 6.28. The lowest BCUT2D eigenvalue weighted by atomic mass is 10.3. The number of alkyl halides is 1. The molecule has 5 nitrogen and oxygen atoms in total. The molecule has 0 aliphatic carbocycles. The van der Waals surface area contributed by atoms with Gasteiger partial charge in [-0.05, 0) is 19.9 Å². The van der Waals surface area contributed by atoms with Crippen molar-refractivity contribution in [2.24, 2.45) is 0 Å². The molecule has 0 aliphatic heterocycles. The van der Waals surface area contributed by atoms with E-state index in [-0.39, 0.29) is 11.4 Å². The lowest BCUT2D eigenvalue weighted by molar-refractivity contribution is 0.458. The highest BCUT2D eigenvalue weighted by molar-refractivity contribution is 6.31. The van der Waals surface area contributed by atoms with Crippen LogP contribution in [0, 0.1) is 0 Å². The van der Waals surface area contributed by atoms with Crippen molar-refractivity contribution in [1.29, 1.82) is 0 Å². The van der Waals surface area contributed by atoms with Crippen LogP contribution >= 0.6 is 23.2 Å². The van der Waals surface area contributed by atoms with E-state index in [0.717, 1.165) is 23.5 Å². The van der Waals surface area contributed by atoms with Crippen molar-refractivity contribution >= 4 is 34.4 Å². The molecule has 0 spiro atoms. The van der Waals surface area contributed by atoms with E-state index in [0.29, 0.717) is 5.02 Å². The Morgan fingerprint density at radius 2 is 2.14 bits per heavy atom. The number of pyridine rings is 1. The molecular formula is C14H15Cl2N5. The Bertz CT molecular complexity index is 748. The van der Waals surface area contributed by atoms with E-state index in [2.05, 4.69) is 26.4 Å². The molecule has 2 atom stereocenters. The zero-order valence-corrected chi connectivity index (χ0v) is 13.3. The summed E-state index contributed by atoms with van der Waals surface area (Å²) in [7, 11) is 0. The Hall–Kier alpha value is -1.59. The molecule has 0 aromatic carbocycles. The van der Waals surface area contributed by atoms with Crippen molar-refractivity contribution < 1.29 is 0 Å². The molecular weight excluding hydrogens is 309 g/mol. The van der Waals surface area contributed by atoms with E-state index in [4.69, 9.17) is 23.2 Å². The molecule has 3 aromatic heterocycles. The molecule has 0 amide bonds. The van der Waals surface area contributed by atoms with Gasteiger partial charge in [0.25, 0.3) is 0 Å². The van der Waals surface area contributed by atoms with Crippen molar-refractivity contribution in [3.63, 3.8) is 0 Å². The van der Waals surface area contributed by atoms with Gasteiger partial charge in [0.1, 0.15) is 11.3 Å². The van der Waals surface area contributed by atoms with Gasteiger partial charge >= 0.3 is 0 Å². The van der Waals surface area contributed by atoms with Crippen LogP contribution in [0.15, 0.2) is 31.0 Å². The molecule has 0 aliphatic rings. The Morgan fingerprint density at radius 1 is 1.33 bits per heavy atom. The zero-order valence-electron chi connectivity index (χ0n) is 11.7. The fraction of sp³-hybridized carbons (Fsp3) is 0.357. The average molecular weight is 324 g/mol. The topological polar surface area (TPSA) is 48.5 Å². The van der Waals surface area contributed by atoms with E-state index >= 15 is 0 Å². The summed E-state index contributed by atoms with van der Waals surface area (Å²) < 4.78 is 4.10. The third-order valence-electron chi connectivity index (χ3n) is 3.35. The van der Waals surface area contributed by atoms with Gasteiger partial charge in [-0.3, -0.25) is 0 Å². The summed E-state index contributed by atoms with van der Waals surface area (Å²) in [5.41, 5.74) is 1.57. The van der Waals surface area contributed by atoms with Crippen LogP contribution < -0.4 is 0 Å². The van der Waals surface area contributed by atoms with Crippen LogP contribution in [0.5, 0.6) is 0 Å². The fourth-order valence-corrected chi connectivity index (χ4v) is 2.78. The highest BCUT2D eigenvalue weighted by Crippen LogP contribution is 2.28. The quantitative estimate of drug-likeness (QED) is 0.685. The van der Waals surface area contributed by atoms with E-state index in [1.54, 1.807) is 18.7 Å². The van der Waals surface area contributed by atoms with Crippen LogP contribution in [0.3, 0.4) is 0 Å². The first-order chi connectivity index (χ1) is 10.1. The minimum Gasteiger partial charge on any atom is -0.335 e. The summed E-state index contributed by atoms with van der Waals surface area (Å²) in [6, 6.07) is 1.96. The molecule has 0 saturated carbocycles. The summed E-state index contributed by atoms with van der Waals surface area (Å²) in [4.78, 5) is 13.1. The molecule has 110 valence electrons. The fourth-order valence-electron chi connectivity index (χ4n) is 2.47. The number of hydrogen-bond donors (Lipinski definition) is 0. The van der Waals surface area contributed by atoms with Crippen LogP contribution in [0.1, 0.15) is 31.1 Å². The summed E-state index contributed by atoms with van der Waals surface area (Å²) in [5, 5.41) is 0.367. The van der Waals surface area contributed by atoms with Crippen LogP contribution in [-0.2, 0) is 6.54 Å². The molecule has 0 N–H and O–H groups in total. The molecule has 0 fully saturated rings. The SMILES string of the molecule is CC(Cl)c1nc2cc(Cl)cnc2n1C(C)Cn1ccnc1. The first kappa shape index (κ1) is 14.4. The minimum absolute atomic E-state index is 0.147. The van der Waals surface area contributed by atoms with Crippen molar-refractivity contribution in [2.75, 3.05) is 0 Å². The number of halogens is 2. The molecule has 0 bridgehead atoms. The highest BCUT2D eigenvalue weighted by atomic mass is 35.5. The van der Waals surface area contributed by atoms with E-state index in [1.165, 1.54) is 0 Å². The van der Waals surface area contributed by atoms with Crippen molar-refractivity contribution in [2.45, 2.75) is 31.8 Å². The van der Waals surface area contributed by atoms with Gasteiger partial charge in [0.2, 0.25) is 0 Å². The molecule has 7 heteroatoms. The monoisotopic (exact) mass is 323 g/mol. The largest absolute Gasteiger partial charge is 0.335 e. The third kappa shape index (κ3) is 2.76. The Labute approximate surface area is 132 Å². The predicted octanol–water partition coefficient (Wildman–Crippen LogP) is 3.84. The number of aromatic nitrogens is 5. The Balaban J connectivity index is 2.08. The number of imidazole rings is 2. The number of hydrogen-bond acceptors (Lipinski definition) is 3.